The Morgan fingerprint density at radius 3 is 2.61 bits per heavy atom. The molecule has 1 amide bonds. The predicted octanol–water partition coefficient (Wildman–Crippen LogP) is 2.32. The third-order valence-corrected chi connectivity index (χ3v) is 4.49. The van der Waals surface area contributed by atoms with E-state index >= 15 is 0 Å². The predicted molar refractivity (Wildman–Crippen MR) is 92.1 cm³/mol. The molecular formula is C18H29N3O2. The van der Waals surface area contributed by atoms with Crippen LogP contribution in [0.1, 0.15) is 25.3 Å². The maximum Gasteiger partial charge on any atom is 0.410 e. The normalized spacial score (nSPS) is 15.9. The van der Waals surface area contributed by atoms with Crippen LogP contribution in [0.2, 0.25) is 0 Å². The summed E-state index contributed by atoms with van der Waals surface area (Å²) >= 11 is 0. The minimum Gasteiger partial charge on any atom is -0.445 e. The van der Waals surface area contributed by atoms with E-state index in [-0.39, 0.29) is 6.09 Å². The van der Waals surface area contributed by atoms with E-state index in [1.165, 1.54) is 0 Å². The molecule has 1 aromatic rings. The van der Waals surface area contributed by atoms with Gasteiger partial charge in [0.05, 0.1) is 0 Å². The number of benzene rings is 1. The fraction of sp³-hybridized carbons (Fsp3) is 0.611. The van der Waals surface area contributed by atoms with Crippen molar-refractivity contribution in [1.82, 2.24) is 9.80 Å². The minimum atomic E-state index is -0.193. The van der Waals surface area contributed by atoms with Gasteiger partial charge in [0.25, 0.3) is 0 Å². The number of nitrogens with zero attached hydrogens (tertiary/aromatic N) is 2. The zero-order chi connectivity index (χ0) is 16.5. The average molecular weight is 319 g/mol. The maximum atomic E-state index is 12.1. The molecule has 1 saturated heterocycles. The lowest BCUT2D eigenvalue weighted by Crippen LogP contribution is -2.42. The maximum absolute atomic E-state index is 12.1. The summed E-state index contributed by atoms with van der Waals surface area (Å²) in [6, 6.07) is 9.80. The van der Waals surface area contributed by atoms with Crippen molar-refractivity contribution in [2.75, 3.05) is 39.3 Å². The molecule has 0 saturated carbocycles. The summed E-state index contributed by atoms with van der Waals surface area (Å²) in [7, 11) is 0. The molecule has 1 aromatic carbocycles. The molecule has 2 rings (SSSR count). The van der Waals surface area contributed by atoms with Crippen LogP contribution in [-0.2, 0) is 11.3 Å². The first-order valence-corrected chi connectivity index (χ1v) is 8.61. The van der Waals surface area contributed by atoms with Crippen LogP contribution in [0.15, 0.2) is 30.3 Å². The molecule has 5 heteroatoms. The van der Waals surface area contributed by atoms with Crippen molar-refractivity contribution in [3.63, 3.8) is 0 Å². The van der Waals surface area contributed by atoms with Gasteiger partial charge in [0, 0.05) is 32.7 Å². The van der Waals surface area contributed by atoms with Crippen LogP contribution >= 0.6 is 0 Å². The number of hydrogen-bond acceptors (Lipinski definition) is 4. The van der Waals surface area contributed by atoms with E-state index in [0.717, 1.165) is 51.1 Å². The average Bonchev–Trinajstić information content (AvgIpc) is 2.60. The number of amides is 1. The summed E-state index contributed by atoms with van der Waals surface area (Å²) in [5, 5.41) is 0. The molecule has 1 heterocycles. The second-order valence-corrected chi connectivity index (χ2v) is 6.15. The summed E-state index contributed by atoms with van der Waals surface area (Å²) in [6.07, 6.45) is 1.89. The van der Waals surface area contributed by atoms with E-state index in [9.17, 15) is 4.79 Å². The number of ether oxygens (including phenoxy) is 1. The van der Waals surface area contributed by atoms with Gasteiger partial charge in [-0.05, 0) is 30.9 Å². The fourth-order valence-corrected chi connectivity index (χ4v) is 3.03. The molecular weight excluding hydrogens is 290 g/mol. The van der Waals surface area contributed by atoms with Crippen LogP contribution in [0.3, 0.4) is 0 Å². The van der Waals surface area contributed by atoms with Gasteiger partial charge >= 0.3 is 6.09 Å². The largest absolute Gasteiger partial charge is 0.445 e. The van der Waals surface area contributed by atoms with Gasteiger partial charge < -0.3 is 20.3 Å². The fourth-order valence-electron chi connectivity index (χ4n) is 3.03. The van der Waals surface area contributed by atoms with Gasteiger partial charge in [0.2, 0.25) is 0 Å². The highest BCUT2D eigenvalue weighted by Gasteiger charge is 2.24. The van der Waals surface area contributed by atoms with Crippen LogP contribution < -0.4 is 5.73 Å². The zero-order valence-corrected chi connectivity index (χ0v) is 14.1. The summed E-state index contributed by atoms with van der Waals surface area (Å²) in [4.78, 5) is 16.4. The van der Waals surface area contributed by atoms with Crippen molar-refractivity contribution >= 4 is 6.09 Å². The molecule has 5 nitrogen and oxygen atoms in total. The molecule has 128 valence electrons. The Hall–Kier alpha value is -1.59. The lowest BCUT2D eigenvalue weighted by molar-refractivity contribution is 0.0777. The van der Waals surface area contributed by atoms with E-state index in [1.807, 2.05) is 35.2 Å². The van der Waals surface area contributed by atoms with Crippen molar-refractivity contribution in [2.24, 2.45) is 11.7 Å². The Kier molecular flexibility index (Phi) is 7.36. The van der Waals surface area contributed by atoms with Crippen LogP contribution in [-0.4, -0.2) is 55.2 Å². The van der Waals surface area contributed by atoms with Gasteiger partial charge in [-0.1, -0.05) is 37.3 Å². The van der Waals surface area contributed by atoms with Gasteiger partial charge in [-0.25, -0.2) is 4.79 Å². The van der Waals surface area contributed by atoms with E-state index < -0.39 is 0 Å². The van der Waals surface area contributed by atoms with Crippen LogP contribution in [0.4, 0.5) is 4.79 Å². The SMILES string of the molecule is CCN(CCN)CC1CCN(C(=O)OCc2ccccc2)CC1. The number of piperidine rings is 1. The highest BCUT2D eigenvalue weighted by Crippen LogP contribution is 2.19. The van der Waals surface area contributed by atoms with Gasteiger partial charge in [-0.2, -0.15) is 0 Å². The molecule has 0 atom stereocenters. The summed E-state index contributed by atoms with van der Waals surface area (Å²) in [6.45, 7) is 7.88. The Labute approximate surface area is 139 Å². The molecule has 1 aliphatic rings. The highest BCUT2D eigenvalue weighted by molar-refractivity contribution is 5.67. The van der Waals surface area contributed by atoms with Gasteiger partial charge in [0.1, 0.15) is 6.61 Å². The molecule has 0 unspecified atom stereocenters. The molecule has 0 spiro atoms. The van der Waals surface area contributed by atoms with Crippen LogP contribution in [0.5, 0.6) is 0 Å². The number of nitrogens with two attached hydrogens (primary N) is 1. The minimum absolute atomic E-state index is 0.193. The Morgan fingerprint density at radius 1 is 1.30 bits per heavy atom. The number of likely N-dealkylation sites (tertiary alicyclic amines) is 1. The lowest BCUT2D eigenvalue weighted by atomic mass is 9.96. The van der Waals surface area contributed by atoms with Crippen molar-refractivity contribution in [3.05, 3.63) is 35.9 Å². The number of hydrogen-bond donors (Lipinski definition) is 1. The van der Waals surface area contributed by atoms with Gasteiger partial charge in [0.15, 0.2) is 0 Å². The number of rotatable bonds is 7. The highest BCUT2D eigenvalue weighted by atomic mass is 16.6. The molecule has 2 N–H and O–H groups in total. The molecule has 23 heavy (non-hydrogen) atoms. The van der Waals surface area contributed by atoms with Gasteiger partial charge in [-0.3, -0.25) is 0 Å². The first-order chi connectivity index (χ1) is 11.2. The molecule has 1 fully saturated rings. The third-order valence-electron chi connectivity index (χ3n) is 4.49. The van der Waals surface area contributed by atoms with Gasteiger partial charge in [-0.15, -0.1) is 0 Å². The Balaban J connectivity index is 1.70. The second-order valence-electron chi connectivity index (χ2n) is 6.15. The number of likely N-dealkylation sites (N-methyl/N-ethyl adjacent to an activating group) is 1. The smallest absolute Gasteiger partial charge is 0.410 e. The summed E-state index contributed by atoms with van der Waals surface area (Å²) < 4.78 is 5.40. The molecule has 0 aromatic heterocycles. The third kappa shape index (κ3) is 5.84. The Bertz CT molecular complexity index is 459. The second kappa shape index (κ2) is 9.53. The van der Waals surface area contributed by atoms with E-state index in [0.29, 0.717) is 19.1 Å². The zero-order valence-electron chi connectivity index (χ0n) is 14.1. The van der Waals surface area contributed by atoms with Crippen molar-refractivity contribution < 1.29 is 9.53 Å². The Morgan fingerprint density at radius 2 is 2.00 bits per heavy atom. The number of carbonyl (C=O) groups is 1. The van der Waals surface area contributed by atoms with Crippen molar-refractivity contribution in [1.29, 1.82) is 0 Å². The topological polar surface area (TPSA) is 58.8 Å². The monoisotopic (exact) mass is 319 g/mol. The van der Waals surface area contributed by atoms with Crippen molar-refractivity contribution in [3.8, 4) is 0 Å². The quantitative estimate of drug-likeness (QED) is 0.838. The molecule has 0 aliphatic carbocycles. The van der Waals surface area contributed by atoms with Crippen LogP contribution in [0.25, 0.3) is 0 Å². The molecule has 0 radical (unpaired) electrons. The summed E-state index contributed by atoms with van der Waals surface area (Å²) in [5.41, 5.74) is 6.67. The lowest BCUT2D eigenvalue weighted by Gasteiger charge is -2.34. The summed E-state index contributed by atoms with van der Waals surface area (Å²) in [5.74, 6) is 0.652. The van der Waals surface area contributed by atoms with Crippen LogP contribution in [0, 0.1) is 5.92 Å². The first kappa shape index (κ1) is 17.8. The van der Waals surface area contributed by atoms with E-state index in [4.69, 9.17) is 10.5 Å². The van der Waals surface area contributed by atoms with E-state index in [2.05, 4.69) is 11.8 Å². The van der Waals surface area contributed by atoms with Crippen molar-refractivity contribution in [2.45, 2.75) is 26.4 Å². The van der Waals surface area contributed by atoms with E-state index in [1.54, 1.807) is 0 Å². The molecule has 0 bridgehead atoms. The molecule has 1 aliphatic heterocycles. The standard InChI is InChI=1S/C18H29N3O2/c1-2-20(13-10-19)14-16-8-11-21(12-9-16)18(22)23-15-17-6-4-3-5-7-17/h3-7,16H,2,8-15,19H2,1H3. The number of carbonyl (C=O) groups excluding carboxylic acids is 1. The first-order valence-electron chi connectivity index (χ1n) is 8.61.